The van der Waals surface area contributed by atoms with E-state index in [0.29, 0.717) is 0 Å². The highest BCUT2D eigenvalue weighted by atomic mass is 16.4. The zero-order valence-corrected chi connectivity index (χ0v) is 8.84. The van der Waals surface area contributed by atoms with E-state index < -0.39 is 18.0 Å². The maximum absolute atomic E-state index is 10.7. The molecule has 4 heteroatoms. The molecule has 0 saturated heterocycles. The minimum Gasteiger partial charge on any atom is -0.479 e. The van der Waals surface area contributed by atoms with Gasteiger partial charge in [-0.15, -0.1) is 0 Å². The quantitative estimate of drug-likeness (QED) is 0.735. The first kappa shape index (κ1) is 10.7. The normalized spacial score (nSPS) is 14.9. The van der Waals surface area contributed by atoms with Gasteiger partial charge in [-0.3, -0.25) is 0 Å². The van der Waals surface area contributed by atoms with E-state index in [-0.39, 0.29) is 0 Å². The molecule has 2 unspecified atom stereocenters. The summed E-state index contributed by atoms with van der Waals surface area (Å²) in [6, 6.07) is 7.62. The van der Waals surface area contributed by atoms with Crippen molar-refractivity contribution in [2.75, 3.05) is 0 Å². The molecule has 0 aliphatic rings. The van der Waals surface area contributed by atoms with E-state index in [0.717, 1.165) is 16.5 Å². The van der Waals surface area contributed by atoms with Crippen LogP contribution in [0.25, 0.3) is 10.9 Å². The van der Waals surface area contributed by atoms with Crippen LogP contribution in [-0.2, 0) is 4.79 Å². The van der Waals surface area contributed by atoms with Gasteiger partial charge in [-0.1, -0.05) is 25.1 Å². The van der Waals surface area contributed by atoms with Crippen molar-refractivity contribution in [3.63, 3.8) is 0 Å². The second kappa shape index (κ2) is 3.98. The first-order chi connectivity index (χ1) is 7.61. The van der Waals surface area contributed by atoms with Crippen LogP contribution in [0.4, 0.5) is 0 Å². The van der Waals surface area contributed by atoms with E-state index in [4.69, 9.17) is 5.11 Å². The molecule has 0 radical (unpaired) electrons. The van der Waals surface area contributed by atoms with Crippen LogP contribution in [0.3, 0.4) is 0 Å². The van der Waals surface area contributed by atoms with Crippen molar-refractivity contribution in [2.24, 2.45) is 0 Å². The van der Waals surface area contributed by atoms with Crippen molar-refractivity contribution in [2.45, 2.75) is 18.9 Å². The summed E-state index contributed by atoms with van der Waals surface area (Å²) < 4.78 is 0. The maximum atomic E-state index is 10.7. The van der Waals surface area contributed by atoms with Crippen LogP contribution >= 0.6 is 0 Å². The molecule has 2 atom stereocenters. The number of aliphatic carboxylic acids is 1. The topological polar surface area (TPSA) is 73.3 Å². The summed E-state index contributed by atoms with van der Waals surface area (Å²) in [6.07, 6.45) is 0.376. The zero-order chi connectivity index (χ0) is 11.7. The fraction of sp³-hybridized carbons (Fsp3) is 0.250. The molecule has 16 heavy (non-hydrogen) atoms. The highest BCUT2D eigenvalue weighted by Gasteiger charge is 2.24. The third-order valence-electron chi connectivity index (χ3n) is 2.84. The van der Waals surface area contributed by atoms with Gasteiger partial charge in [-0.2, -0.15) is 0 Å². The van der Waals surface area contributed by atoms with Gasteiger partial charge in [-0.05, 0) is 11.6 Å². The number of aromatic nitrogens is 1. The highest BCUT2D eigenvalue weighted by molar-refractivity contribution is 5.85. The largest absolute Gasteiger partial charge is 0.479 e. The summed E-state index contributed by atoms with van der Waals surface area (Å²) in [4.78, 5) is 13.8. The molecule has 2 rings (SSSR count). The second-order valence-electron chi connectivity index (χ2n) is 3.86. The lowest BCUT2D eigenvalue weighted by Crippen LogP contribution is -2.25. The predicted molar refractivity (Wildman–Crippen MR) is 60.4 cm³/mol. The summed E-state index contributed by atoms with van der Waals surface area (Å²) in [5.74, 6) is -1.63. The number of nitrogens with one attached hydrogen (secondary N) is 1. The van der Waals surface area contributed by atoms with E-state index in [1.165, 1.54) is 0 Å². The van der Waals surface area contributed by atoms with Crippen LogP contribution in [-0.4, -0.2) is 27.3 Å². The monoisotopic (exact) mass is 219 g/mol. The number of para-hydroxylation sites is 1. The van der Waals surface area contributed by atoms with Crippen LogP contribution in [0.1, 0.15) is 18.4 Å². The first-order valence-electron chi connectivity index (χ1n) is 5.08. The van der Waals surface area contributed by atoms with E-state index >= 15 is 0 Å². The van der Waals surface area contributed by atoms with Crippen molar-refractivity contribution in [1.29, 1.82) is 0 Å². The number of aromatic amines is 1. The van der Waals surface area contributed by atoms with E-state index in [9.17, 15) is 9.90 Å². The number of carbonyl (C=O) groups is 1. The van der Waals surface area contributed by atoms with Gasteiger partial charge in [0, 0.05) is 23.0 Å². The average Bonchev–Trinajstić information content (AvgIpc) is 2.70. The van der Waals surface area contributed by atoms with Gasteiger partial charge >= 0.3 is 5.97 Å². The van der Waals surface area contributed by atoms with Gasteiger partial charge < -0.3 is 15.2 Å². The molecular weight excluding hydrogens is 206 g/mol. The Morgan fingerprint density at radius 1 is 1.38 bits per heavy atom. The summed E-state index contributed by atoms with van der Waals surface area (Å²) >= 11 is 0. The number of rotatable bonds is 3. The molecule has 1 aromatic carbocycles. The molecule has 0 aliphatic carbocycles. The Hall–Kier alpha value is -1.81. The summed E-state index contributed by atoms with van der Waals surface area (Å²) in [6.45, 7) is 1.70. The van der Waals surface area contributed by atoms with E-state index in [1.54, 1.807) is 13.1 Å². The van der Waals surface area contributed by atoms with Gasteiger partial charge in [0.1, 0.15) is 0 Å². The number of hydrogen-bond donors (Lipinski definition) is 3. The molecule has 84 valence electrons. The third-order valence-corrected chi connectivity index (χ3v) is 2.84. The Balaban J connectivity index is 2.44. The average molecular weight is 219 g/mol. The number of carboxylic acids is 1. The predicted octanol–water partition coefficient (Wildman–Crippen LogP) is 1.72. The molecular formula is C12H13NO3. The van der Waals surface area contributed by atoms with Crippen LogP contribution in [0.15, 0.2) is 30.5 Å². The van der Waals surface area contributed by atoms with Gasteiger partial charge in [0.2, 0.25) is 0 Å². The van der Waals surface area contributed by atoms with Crippen molar-refractivity contribution in [1.82, 2.24) is 4.98 Å². The second-order valence-corrected chi connectivity index (χ2v) is 3.86. The lowest BCUT2D eigenvalue weighted by Gasteiger charge is -2.14. The lowest BCUT2D eigenvalue weighted by atomic mass is 9.95. The lowest BCUT2D eigenvalue weighted by molar-refractivity contribution is -0.147. The van der Waals surface area contributed by atoms with Crippen LogP contribution in [0, 0.1) is 0 Å². The van der Waals surface area contributed by atoms with Crippen molar-refractivity contribution >= 4 is 16.9 Å². The van der Waals surface area contributed by atoms with Gasteiger partial charge in [0.05, 0.1) is 0 Å². The molecule has 0 fully saturated rings. The fourth-order valence-electron chi connectivity index (χ4n) is 1.85. The third kappa shape index (κ3) is 1.67. The van der Waals surface area contributed by atoms with Gasteiger partial charge in [-0.25, -0.2) is 4.79 Å². The zero-order valence-electron chi connectivity index (χ0n) is 8.84. The minimum atomic E-state index is -1.38. The number of fused-ring (bicyclic) bond motifs is 1. The van der Waals surface area contributed by atoms with Crippen LogP contribution < -0.4 is 0 Å². The van der Waals surface area contributed by atoms with Crippen molar-refractivity contribution in [3.05, 3.63) is 36.0 Å². The molecule has 0 bridgehead atoms. The molecule has 1 aromatic heterocycles. The Kier molecular flexibility index (Phi) is 2.66. The Labute approximate surface area is 92.5 Å². The summed E-state index contributed by atoms with van der Waals surface area (Å²) in [5, 5.41) is 19.2. The number of carboxylic acid groups (broad SMARTS) is 1. The standard InChI is InChI=1S/C12H13NO3/c1-7(11(14)12(15)16)9-6-13-10-5-3-2-4-8(9)10/h2-7,11,13-14H,1H3,(H,15,16). The Morgan fingerprint density at radius 3 is 2.75 bits per heavy atom. The minimum absolute atomic E-state index is 0.436. The number of aliphatic hydroxyl groups is 1. The molecule has 0 spiro atoms. The van der Waals surface area contributed by atoms with Crippen molar-refractivity contribution in [3.8, 4) is 0 Å². The van der Waals surface area contributed by atoms with Gasteiger partial charge in [0.15, 0.2) is 6.10 Å². The van der Waals surface area contributed by atoms with Crippen LogP contribution in [0.2, 0.25) is 0 Å². The number of H-pyrrole nitrogens is 1. The maximum Gasteiger partial charge on any atom is 0.333 e. The summed E-state index contributed by atoms with van der Waals surface area (Å²) in [5.41, 5.74) is 1.77. The molecule has 0 amide bonds. The van der Waals surface area contributed by atoms with Crippen LogP contribution in [0.5, 0.6) is 0 Å². The van der Waals surface area contributed by atoms with E-state index in [2.05, 4.69) is 4.98 Å². The van der Waals surface area contributed by atoms with Gasteiger partial charge in [0.25, 0.3) is 0 Å². The Morgan fingerprint density at radius 2 is 2.06 bits per heavy atom. The van der Waals surface area contributed by atoms with Crippen molar-refractivity contribution < 1.29 is 15.0 Å². The molecule has 0 aliphatic heterocycles. The molecule has 2 aromatic rings. The Bertz CT molecular complexity index is 518. The highest BCUT2D eigenvalue weighted by Crippen LogP contribution is 2.27. The number of hydrogen-bond acceptors (Lipinski definition) is 2. The molecule has 4 nitrogen and oxygen atoms in total. The smallest absolute Gasteiger partial charge is 0.333 e. The summed E-state index contributed by atoms with van der Waals surface area (Å²) in [7, 11) is 0. The molecule has 0 saturated carbocycles. The number of aliphatic hydroxyl groups excluding tert-OH is 1. The molecule has 3 N–H and O–H groups in total. The van der Waals surface area contributed by atoms with E-state index in [1.807, 2.05) is 24.3 Å². The number of benzene rings is 1. The molecule has 1 heterocycles. The fourth-order valence-corrected chi connectivity index (χ4v) is 1.85. The first-order valence-corrected chi connectivity index (χ1v) is 5.08. The SMILES string of the molecule is CC(c1c[nH]c2ccccc12)C(O)C(=O)O.